The molecule has 0 saturated heterocycles. The number of benzene rings is 1. The molecule has 3 rings (SSSR count). The molecule has 1 atom stereocenters. The lowest BCUT2D eigenvalue weighted by atomic mass is 9.75. The van der Waals surface area contributed by atoms with Crippen molar-refractivity contribution < 1.29 is 4.74 Å². The zero-order valence-electron chi connectivity index (χ0n) is 12.4. The Hall–Kier alpha value is -0.540. The van der Waals surface area contributed by atoms with E-state index in [4.69, 9.17) is 4.74 Å². The van der Waals surface area contributed by atoms with Crippen LogP contribution in [-0.4, -0.2) is 18.7 Å². The monoisotopic (exact) mass is 337 g/mol. The van der Waals surface area contributed by atoms with Crippen LogP contribution in [0.15, 0.2) is 22.7 Å². The summed E-state index contributed by atoms with van der Waals surface area (Å²) in [5.74, 6) is 1.06. The fourth-order valence-corrected chi connectivity index (χ4v) is 3.71. The Morgan fingerprint density at radius 2 is 2.05 bits per heavy atom. The quantitative estimate of drug-likeness (QED) is 0.887. The fourth-order valence-electron chi connectivity index (χ4n) is 3.30. The number of rotatable bonds is 3. The van der Waals surface area contributed by atoms with E-state index in [2.05, 4.69) is 53.3 Å². The number of hydrogen-bond donors (Lipinski definition) is 1. The molecule has 1 aromatic carbocycles. The summed E-state index contributed by atoms with van der Waals surface area (Å²) in [6, 6.07) is 6.99. The molecule has 0 spiro atoms. The Balaban J connectivity index is 1.47. The predicted molar refractivity (Wildman–Crippen MR) is 86.3 cm³/mol. The normalized spacial score (nSPS) is 25.2. The number of hydrogen-bond acceptors (Lipinski definition) is 2. The van der Waals surface area contributed by atoms with Crippen LogP contribution in [0.25, 0.3) is 0 Å². The van der Waals surface area contributed by atoms with Gasteiger partial charge in [0.25, 0.3) is 0 Å². The average molecular weight is 338 g/mol. The molecule has 1 unspecified atom stereocenters. The Bertz CT molecular complexity index is 476. The fraction of sp³-hybridized carbons (Fsp3) is 0.647. The van der Waals surface area contributed by atoms with Gasteiger partial charge in [-0.3, -0.25) is 0 Å². The highest BCUT2D eigenvalue weighted by Gasteiger charge is 2.28. The van der Waals surface area contributed by atoms with Crippen LogP contribution in [0, 0.1) is 5.41 Å². The van der Waals surface area contributed by atoms with Gasteiger partial charge in [-0.05, 0) is 54.9 Å². The third kappa shape index (κ3) is 3.37. The van der Waals surface area contributed by atoms with Crippen molar-refractivity contribution in [3.05, 3.63) is 28.2 Å². The lowest BCUT2D eigenvalue weighted by molar-refractivity contribution is 0.181. The summed E-state index contributed by atoms with van der Waals surface area (Å²) < 4.78 is 7.15. The molecule has 1 fully saturated rings. The molecule has 0 aromatic heterocycles. The molecule has 0 amide bonds. The first-order valence-corrected chi connectivity index (χ1v) is 8.50. The lowest BCUT2D eigenvalue weighted by Gasteiger charge is -2.35. The standard InChI is InChI=1S/C17H24BrNO/c1-17(2)7-5-14(6-8-17)19-11-15-10-12-9-13(18)3-4-16(12)20-15/h3-4,9,14-15,19H,5-8,10-11H2,1-2H3. The lowest BCUT2D eigenvalue weighted by Crippen LogP contribution is -2.40. The predicted octanol–water partition coefficient (Wildman–Crippen LogP) is 4.31. The van der Waals surface area contributed by atoms with E-state index < -0.39 is 0 Å². The molecule has 1 saturated carbocycles. The second kappa shape index (κ2) is 5.69. The molecular weight excluding hydrogens is 314 g/mol. The molecule has 2 nitrogen and oxygen atoms in total. The van der Waals surface area contributed by atoms with Crippen LogP contribution in [0.3, 0.4) is 0 Å². The van der Waals surface area contributed by atoms with E-state index in [1.807, 2.05) is 0 Å². The van der Waals surface area contributed by atoms with Gasteiger partial charge in [-0.25, -0.2) is 0 Å². The van der Waals surface area contributed by atoms with Gasteiger partial charge in [0.1, 0.15) is 11.9 Å². The summed E-state index contributed by atoms with van der Waals surface area (Å²) in [5.41, 5.74) is 1.88. The Kier molecular flexibility index (Phi) is 4.09. The number of ether oxygens (including phenoxy) is 1. The molecule has 0 bridgehead atoms. The zero-order valence-corrected chi connectivity index (χ0v) is 14.0. The minimum absolute atomic E-state index is 0.300. The van der Waals surface area contributed by atoms with Crippen LogP contribution >= 0.6 is 15.9 Å². The molecule has 1 aliphatic carbocycles. The van der Waals surface area contributed by atoms with E-state index in [1.165, 1.54) is 31.2 Å². The minimum atomic E-state index is 0.300. The molecule has 0 radical (unpaired) electrons. The molecule has 20 heavy (non-hydrogen) atoms. The van der Waals surface area contributed by atoms with E-state index in [0.29, 0.717) is 17.6 Å². The van der Waals surface area contributed by atoms with E-state index in [0.717, 1.165) is 23.2 Å². The van der Waals surface area contributed by atoms with Crippen molar-refractivity contribution in [2.75, 3.05) is 6.54 Å². The first-order valence-electron chi connectivity index (χ1n) is 7.70. The smallest absolute Gasteiger partial charge is 0.123 e. The third-order valence-electron chi connectivity index (χ3n) is 4.74. The van der Waals surface area contributed by atoms with Gasteiger partial charge in [-0.1, -0.05) is 29.8 Å². The number of nitrogens with one attached hydrogen (secondary N) is 1. The summed E-state index contributed by atoms with van der Waals surface area (Å²) in [5, 5.41) is 3.71. The van der Waals surface area contributed by atoms with Gasteiger partial charge >= 0.3 is 0 Å². The molecule has 1 heterocycles. The van der Waals surface area contributed by atoms with Gasteiger partial charge in [-0.2, -0.15) is 0 Å². The Labute approximate surface area is 130 Å². The first-order chi connectivity index (χ1) is 9.52. The second-order valence-electron chi connectivity index (χ2n) is 7.04. The van der Waals surface area contributed by atoms with E-state index in [1.54, 1.807) is 0 Å². The van der Waals surface area contributed by atoms with Gasteiger partial charge < -0.3 is 10.1 Å². The van der Waals surface area contributed by atoms with Crippen molar-refractivity contribution in [2.45, 2.75) is 58.1 Å². The molecule has 1 aromatic rings. The summed E-state index contributed by atoms with van der Waals surface area (Å²) in [6.07, 6.45) is 6.61. The van der Waals surface area contributed by atoms with E-state index in [9.17, 15) is 0 Å². The number of fused-ring (bicyclic) bond motifs is 1. The maximum absolute atomic E-state index is 6.01. The zero-order chi connectivity index (χ0) is 14.2. The summed E-state index contributed by atoms with van der Waals surface area (Å²) >= 11 is 3.53. The number of halogens is 1. The topological polar surface area (TPSA) is 21.3 Å². The van der Waals surface area contributed by atoms with Crippen molar-refractivity contribution in [1.29, 1.82) is 0 Å². The maximum atomic E-state index is 6.01. The minimum Gasteiger partial charge on any atom is -0.488 e. The van der Waals surface area contributed by atoms with Crippen LogP contribution in [-0.2, 0) is 6.42 Å². The van der Waals surface area contributed by atoms with Crippen LogP contribution < -0.4 is 10.1 Å². The second-order valence-corrected chi connectivity index (χ2v) is 7.96. The van der Waals surface area contributed by atoms with Gasteiger partial charge in [-0.15, -0.1) is 0 Å². The van der Waals surface area contributed by atoms with Crippen LogP contribution in [0.5, 0.6) is 5.75 Å². The molecule has 3 heteroatoms. The van der Waals surface area contributed by atoms with Crippen LogP contribution in [0.2, 0.25) is 0 Å². The molecule has 110 valence electrons. The van der Waals surface area contributed by atoms with Crippen LogP contribution in [0.1, 0.15) is 45.1 Å². The first kappa shape index (κ1) is 14.4. The Morgan fingerprint density at radius 3 is 2.80 bits per heavy atom. The summed E-state index contributed by atoms with van der Waals surface area (Å²) in [6.45, 7) is 5.74. The SMILES string of the molecule is CC1(C)CCC(NCC2Cc3cc(Br)ccc3O2)CC1. The van der Waals surface area contributed by atoms with Crippen molar-refractivity contribution in [3.8, 4) is 5.75 Å². The highest BCUT2D eigenvalue weighted by Crippen LogP contribution is 2.35. The third-order valence-corrected chi connectivity index (χ3v) is 5.23. The van der Waals surface area contributed by atoms with Crippen molar-refractivity contribution in [2.24, 2.45) is 5.41 Å². The van der Waals surface area contributed by atoms with Crippen molar-refractivity contribution in [1.82, 2.24) is 5.32 Å². The largest absolute Gasteiger partial charge is 0.488 e. The highest BCUT2D eigenvalue weighted by atomic mass is 79.9. The summed E-state index contributed by atoms with van der Waals surface area (Å²) in [4.78, 5) is 0. The molecule has 1 N–H and O–H groups in total. The Morgan fingerprint density at radius 1 is 1.30 bits per heavy atom. The van der Waals surface area contributed by atoms with Crippen molar-refractivity contribution in [3.63, 3.8) is 0 Å². The summed E-state index contributed by atoms with van der Waals surface area (Å²) in [7, 11) is 0. The van der Waals surface area contributed by atoms with Gasteiger partial charge in [0.15, 0.2) is 0 Å². The van der Waals surface area contributed by atoms with Crippen molar-refractivity contribution >= 4 is 15.9 Å². The average Bonchev–Trinajstić information content (AvgIpc) is 2.79. The van der Waals surface area contributed by atoms with Crippen LogP contribution in [0.4, 0.5) is 0 Å². The maximum Gasteiger partial charge on any atom is 0.123 e. The van der Waals surface area contributed by atoms with E-state index in [-0.39, 0.29) is 0 Å². The molecular formula is C17H24BrNO. The molecule has 2 aliphatic rings. The molecule has 1 aliphatic heterocycles. The van der Waals surface area contributed by atoms with Gasteiger partial charge in [0.2, 0.25) is 0 Å². The van der Waals surface area contributed by atoms with Gasteiger partial charge in [0, 0.05) is 23.5 Å². The van der Waals surface area contributed by atoms with E-state index >= 15 is 0 Å². The highest BCUT2D eigenvalue weighted by molar-refractivity contribution is 9.10. The van der Waals surface area contributed by atoms with Gasteiger partial charge in [0.05, 0.1) is 0 Å².